The lowest BCUT2D eigenvalue weighted by atomic mass is 9.66. The van der Waals surface area contributed by atoms with Gasteiger partial charge < -0.3 is 8.60 Å². The molecule has 160 valence electrons. The van der Waals surface area contributed by atoms with Gasteiger partial charge in [0.25, 0.3) is 0 Å². The summed E-state index contributed by atoms with van der Waals surface area (Å²) in [6, 6.07) is 4.46. The van der Waals surface area contributed by atoms with Crippen molar-refractivity contribution in [3.05, 3.63) is 57.6 Å². The number of hydrogen-bond donors (Lipinski definition) is 0. The molecule has 0 N–H and O–H groups in total. The maximum atomic E-state index is 13.4. The third-order valence-electron chi connectivity index (χ3n) is 5.52. The van der Waals surface area contributed by atoms with E-state index in [2.05, 4.69) is 4.99 Å². The Morgan fingerprint density at radius 1 is 1.23 bits per heavy atom. The highest BCUT2D eigenvalue weighted by Crippen LogP contribution is 2.51. The van der Waals surface area contributed by atoms with Gasteiger partial charge in [0, 0.05) is 23.6 Å². The SMILES string of the molecule is CS(=O)(=O)Oc1c(C[C@@]23CCCCC2=Nc2ccc(C(F)(F)F)cc23)occc1=O. The Morgan fingerprint density at radius 3 is 2.70 bits per heavy atom. The second-order valence-corrected chi connectivity index (χ2v) is 9.15. The van der Waals surface area contributed by atoms with E-state index in [0.29, 0.717) is 29.8 Å². The number of hydrogen-bond acceptors (Lipinski definition) is 6. The number of rotatable bonds is 4. The van der Waals surface area contributed by atoms with Gasteiger partial charge in [0.1, 0.15) is 0 Å². The first-order valence-corrected chi connectivity index (χ1v) is 11.1. The molecule has 0 unspecified atom stereocenters. The molecule has 1 aromatic heterocycles. The van der Waals surface area contributed by atoms with Crippen LogP contribution in [0.2, 0.25) is 0 Å². The highest BCUT2D eigenvalue weighted by molar-refractivity contribution is 7.86. The summed E-state index contributed by atoms with van der Waals surface area (Å²) >= 11 is 0. The summed E-state index contributed by atoms with van der Waals surface area (Å²) in [5.41, 5.74) is -0.825. The fraction of sp³-hybridized carbons (Fsp3) is 0.400. The minimum atomic E-state index is -4.52. The van der Waals surface area contributed by atoms with E-state index in [9.17, 15) is 26.4 Å². The molecule has 1 atom stereocenters. The van der Waals surface area contributed by atoms with Crippen LogP contribution in [0, 0.1) is 0 Å². The number of fused-ring (bicyclic) bond motifs is 3. The number of halogens is 3. The zero-order chi connectivity index (χ0) is 21.7. The average Bonchev–Trinajstić information content (AvgIpc) is 2.96. The van der Waals surface area contributed by atoms with Crippen LogP contribution in [-0.4, -0.2) is 20.4 Å². The van der Waals surface area contributed by atoms with Crippen LogP contribution in [0.3, 0.4) is 0 Å². The second-order valence-electron chi connectivity index (χ2n) is 7.58. The van der Waals surface area contributed by atoms with Crippen LogP contribution < -0.4 is 9.61 Å². The summed E-state index contributed by atoms with van der Waals surface area (Å²) in [6.45, 7) is 0. The van der Waals surface area contributed by atoms with Crippen molar-refractivity contribution in [1.82, 2.24) is 0 Å². The summed E-state index contributed by atoms with van der Waals surface area (Å²) in [4.78, 5) is 16.8. The standard InChI is InChI=1S/C20H18F3NO5S/c1-30(26,27)29-18-15(25)7-9-28-16(18)11-19-8-3-2-4-17(19)24-14-6-5-12(10-13(14)19)20(21,22)23/h5-7,9-10H,2-4,8,11H2,1H3/t19-/m1/s1. The van der Waals surface area contributed by atoms with Crippen LogP contribution in [0.15, 0.2) is 44.7 Å². The highest BCUT2D eigenvalue weighted by Gasteiger charge is 2.47. The molecule has 0 spiro atoms. The first kappa shape index (κ1) is 20.6. The summed E-state index contributed by atoms with van der Waals surface area (Å²) in [5, 5.41) is 0. The van der Waals surface area contributed by atoms with E-state index in [1.54, 1.807) is 0 Å². The van der Waals surface area contributed by atoms with E-state index in [-0.39, 0.29) is 12.2 Å². The van der Waals surface area contributed by atoms with Gasteiger partial charge in [0.15, 0.2) is 5.76 Å². The lowest BCUT2D eigenvalue weighted by Gasteiger charge is -2.36. The quantitative estimate of drug-likeness (QED) is 0.666. The summed E-state index contributed by atoms with van der Waals surface area (Å²) in [7, 11) is -4.01. The van der Waals surface area contributed by atoms with E-state index in [1.807, 2.05) is 0 Å². The zero-order valence-corrected chi connectivity index (χ0v) is 16.8. The van der Waals surface area contributed by atoms with Gasteiger partial charge in [-0.05, 0) is 43.0 Å². The summed E-state index contributed by atoms with van der Waals surface area (Å²) < 4.78 is 73.6. The van der Waals surface area contributed by atoms with Crippen molar-refractivity contribution >= 4 is 21.5 Å². The van der Waals surface area contributed by atoms with Gasteiger partial charge in [-0.3, -0.25) is 9.79 Å². The van der Waals surface area contributed by atoms with Gasteiger partial charge in [0.2, 0.25) is 11.2 Å². The highest BCUT2D eigenvalue weighted by atomic mass is 32.2. The molecule has 2 aromatic rings. The minimum absolute atomic E-state index is 0.0267. The van der Waals surface area contributed by atoms with Crippen LogP contribution >= 0.6 is 0 Å². The molecule has 0 bridgehead atoms. The molecule has 0 saturated heterocycles. The molecule has 30 heavy (non-hydrogen) atoms. The maximum absolute atomic E-state index is 13.4. The molecule has 1 fully saturated rings. The van der Waals surface area contributed by atoms with Crippen molar-refractivity contribution in [2.75, 3.05) is 6.26 Å². The second kappa shape index (κ2) is 6.97. The molecular formula is C20H18F3NO5S. The smallest absolute Gasteiger partial charge is 0.416 e. The van der Waals surface area contributed by atoms with Gasteiger partial charge in [-0.2, -0.15) is 21.6 Å². The average molecular weight is 441 g/mol. The topological polar surface area (TPSA) is 85.9 Å². The van der Waals surface area contributed by atoms with E-state index in [4.69, 9.17) is 8.60 Å². The van der Waals surface area contributed by atoms with Gasteiger partial charge in [-0.25, -0.2) is 0 Å². The van der Waals surface area contributed by atoms with E-state index in [0.717, 1.165) is 43.6 Å². The first-order chi connectivity index (χ1) is 14.0. The number of nitrogens with zero attached hydrogens (tertiary/aromatic N) is 1. The summed E-state index contributed by atoms with van der Waals surface area (Å²) in [6.07, 6.45) is 0.0474. The molecule has 0 radical (unpaired) electrons. The molecule has 1 aliphatic heterocycles. The molecule has 10 heteroatoms. The van der Waals surface area contributed by atoms with Crippen LogP contribution in [0.4, 0.5) is 18.9 Å². The van der Waals surface area contributed by atoms with Crippen molar-refractivity contribution in [2.45, 2.75) is 43.7 Å². The zero-order valence-electron chi connectivity index (χ0n) is 16.0. The van der Waals surface area contributed by atoms with Crippen molar-refractivity contribution in [3.8, 4) is 5.75 Å². The molecule has 6 nitrogen and oxygen atoms in total. The molecule has 1 saturated carbocycles. The normalized spacial score (nSPS) is 21.0. The Bertz CT molecular complexity index is 1200. The van der Waals surface area contributed by atoms with Crippen LogP contribution in [0.5, 0.6) is 5.75 Å². The monoisotopic (exact) mass is 441 g/mol. The van der Waals surface area contributed by atoms with E-state index in [1.165, 1.54) is 6.07 Å². The molecule has 2 aliphatic rings. The third kappa shape index (κ3) is 3.64. The van der Waals surface area contributed by atoms with Crippen molar-refractivity contribution in [1.29, 1.82) is 0 Å². The fourth-order valence-corrected chi connectivity index (χ4v) is 4.74. The van der Waals surface area contributed by atoms with Crippen LogP contribution in [0.25, 0.3) is 0 Å². The minimum Gasteiger partial charge on any atom is -0.465 e. The van der Waals surface area contributed by atoms with Gasteiger partial charge in [-0.15, -0.1) is 0 Å². The number of benzene rings is 1. The van der Waals surface area contributed by atoms with Crippen molar-refractivity contribution in [2.24, 2.45) is 4.99 Å². The Morgan fingerprint density at radius 2 is 2.00 bits per heavy atom. The first-order valence-electron chi connectivity index (χ1n) is 9.29. The molecule has 0 amide bonds. The fourth-order valence-electron chi connectivity index (χ4n) is 4.26. The van der Waals surface area contributed by atoms with E-state index < -0.39 is 38.5 Å². The Hall–Kier alpha value is -2.62. The Balaban J connectivity index is 1.86. The van der Waals surface area contributed by atoms with Crippen molar-refractivity contribution < 1.29 is 30.2 Å². The van der Waals surface area contributed by atoms with E-state index >= 15 is 0 Å². The molecule has 4 rings (SSSR count). The lowest BCUT2D eigenvalue weighted by Crippen LogP contribution is -2.39. The third-order valence-corrected chi connectivity index (χ3v) is 5.99. The molecule has 1 aliphatic carbocycles. The molecule has 2 heterocycles. The maximum Gasteiger partial charge on any atom is 0.416 e. The van der Waals surface area contributed by atoms with Gasteiger partial charge >= 0.3 is 16.3 Å². The summed E-state index contributed by atoms with van der Waals surface area (Å²) in [5.74, 6) is -0.507. The van der Waals surface area contributed by atoms with Gasteiger partial charge in [-0.1, -0.05) is 6.42 Å². The number of alkyl halides is 3. The van der Waals surface area contributed by atoms with Crippen LogP contribution in [-0.2, 0) is 28.1 Å². The molecular weight excluding hydrogens is 423 g/mol. The van der Waals surface area contributed by atoms with Crippen LogP contribution in [0.1, 0.15) is 42.6 Å². The van der Waals surface area contributed by atoms with Crippen molar-refractivity contribution in [3.63, 3.8) is 0 Å². The molecule has 1 aromatic carbocycles. The van der Waals surface area contributed by atoms with Gasteiger partial charge in [0.05, 0.1) is 23.8 Å². The predicted octanol–water partition coefficient (Wildman–Crippen LogP) is 4.14. The lowest BCUT2D eigenvalue weighted by molar-refractivity contribution is -0.137. The number of aliphatic imine (C=N–C) groups is 1. The predicted molar refractivity (Wildman–Crippen MR) is 103 cm³/mol. The Labute approximate surface area is 170 Å². The largest absolute Gasteiger partial charge is 0.465 e. The Kier molecular flexibility index (Phi) is 4.80.